The van der Waals surface area contributed by atoms with Crippen LogP contribution < -0.4 is 5.32 Å². The molecule has 1 N–H and O–H groups in total. The van der Waals surface area contributed by atoms with E-state index >= 15 is 0 Å². The summed E-state index contributed by atoms with van der Waals surface area (Å²) in [6.45, 7) is 2.22. The van der Waals surface area contributed by atoms with Crippen molar-refractivity contribution >= 4 is 5.91 Å². The highest BCUT2D eigenvalue weighted by Crippen LogP contribution is 2.01. The zero-order valence-electron chi connectivity index (χ0n) is 7.91. The number of amides is 1. The molecule has 0 aliphatic heterocycles. The molecule has 0 unspecified atom stereocenters. The highest BCUT2D eigenvalue weighted by atomic mass is 16.5. The van der Waals surface area contributed by atoms with Gasteiger partial charge in [0, 0.05) is 19.0 Å². The smallest absolute Gasteiger partial charge is 0.289 e. The monoisotopic (exact) mass is 193 g/mol. The van der Waals surface area contributed by atoms with E-state index in [1.54, 1.807) is 13.0 Å². The van der Waals surface area contributed by atoms with Crippen molar-refractivity contribution in [3.63, 3.8) is 0 Å². The molecule has 1 amide bonds. The molecule has 1 aromatic heterocycles. The zero-order valence-corrected chi connectivity index (χ0v) is 7.91. The minimum absolute atomic E-state index is 0.208. The van der Waals surface area contributed by atoms with Gasteiger partial charge in [0.05, 0.1) is 11.8 Å². The number of aryl methyl sites for hydroxylation is 1. The van der Waals surface area contributed by atoms with Gasteiger partial charge in [-0.2, -0.15) is 5.26 Å². The van der Waals surface area contributed by atoms with Crippen LogP contribution in [0.5, 0.6) is 0 Å². The lowest BCUT2D eigenvalue weighted by Crippen LogP contribution is -2.23. The highest BCUT2D eigenvalue weighted by Gasteiger charge is 2.09. The van der Waals surface area contributed by atoms with Crippen molar-refractivity contribution in [1.29, 1.82) is 5.26 Å². The third-order valence-corrected chi connectivity index (χ3v) is 1.60. The molecule has 0 aliphatic carbocycles. The SMILES string of the molecule is Cc1cc(C(=O)NCCCC#N)on1. The lowest BCUT2D eigenvalue weighted by atomic mass is 10.3. The van der Waals surface area contributed by atoms with Crippen molar-refractivity contribution in [1.82, 2.24) is 10.5 Å². The first-order valence-corrected chi connectivity index (χ1v) is 4.32. The van der Waals surface area contributed by atoms with E-state index in [1.807, 2.05) is 6.07 Å². The first-order valence-electron chi connectivity index (χ1n) is 4.32. The number of nitriles is 1. The summed E-state index contributed by atoms with van der Waals surface area (Å²) in [5, 5.41) is 14.5. The molecule has 1 rings (SSSR count). The minimum atomic E-state index is -0.288. The summed E-state index contributed by atoms with van der Waals surface area (Å²) in [6, 6.07) is 3.57. The van der Waals surface area contributed by atoms with Gasteiger partial charge in [0.25, 0.3) is 5.91 Å². The lowest BCUT2D eigenvalue weighted by molar-refractivity contribution is 0.0916. The van der Waals surface area contributed by atoms with Crippen LogP contribution in [-0.4, -0.2) is 17.6 Å². The number of carbonyl (C=O) groups is 1. The van der Waals surface area contributed by atoms with Gasteiger partial charge in [-0.1, -0.05) is 5.16 Å². The Hall–Kier alpha value is -1.83. The average molecular weight is 193 g/mol. The molecule has 0 radical (unpaired) electrons. The maximum absolute atomic E-state index is 11.3. The van der Waals surface area contributed by atoms with E-state index in [1.165, 1.54) is 0 Å². The fraction of sp³-hybridized carbons (Fsp3) is 0.444. The molecule has 0 atom stereocenters. The van der Waals surface area contributed by atoms with Gasteiger partial charge >= 0.3 is 0 Å². The molecular weight excluding hydrogens is 182 g/mol. The van der Waals surface area contributed by atoms with Gasteiger partial charge in [0.2, 0.25) is 5.76 Å². The second-order valence-electron chi connectivity index (χ2n) is 2.85. The van der Waals surface area contributed by atoms with E-state index in [0.29, 0.717) is 25.1 Å². The van der Waals surface area contributed by atoms with Crippen LogP contribution in [0, 0.1) is 18.3 Å². The number of hydrogen-bond acceptors (Lipinski definition) is 4. The molecule has 1 aromatic rings. The van der Waals surface area contributed by atoms with Crippen molar-refractivity contribution in [2.75, 3.05) is 6.54 Å². The molecule has 0 saturated carbocycles. The van der Waals surface area contributed by atoms with Gasteiger partial charge in [0.1, 0.15) is 0 Å². The zero-order chi connectivity index (χ0) is 10.4. The van der Waals surface area contributed by atoms with Crippen molar-refractivity contribution in [2.45, 2.75) is 19.8 Å². The van der Waals surface area contributed by atoms with Gasteiger partial charge in [-0.3, -0.25) is 4.79 Å². The molecule has 0 saturated heterocycles. The number of rotatable bonds is 4. The van der Waals surface area contributed by atoms with Gasteiger partial charge in [-0.15, -0.1) is 0 Å². The number of nitrogens with one attached hydrogen (secondary N) is 1. The quantitative estimate of drug-likeness (QED) is 0.724. The van der Waals surface area contributed by atoms with Gasteiger partial charge < -0.3 is 9.84 Å². The molecular formula is C9H11N3O2. The molecule has 5 heteroatoms. The largest absolute Gasteiger partial charge is 0.351 e. The van der Waals surface area contributed by atoms with E-state index in [-0.39, 0.29) is 11.7 Å². The van der Waals surface area contributed by atoms with Crippen LogP contribution in [0.15, 0.2) is 10.6 Å². The van der Waals surface area contributed by atoms with Crippen molar-refractivity contribution in [3.05, 3.63) is 17.5 Å². The fourth-order valence-corrected chi connectivity index (χ4v) is 0.927. The topological polar surface area (TPSA) is 78.9 Å². The van der Waals surface area contributed by atoms with Gasteiger partial charge in [-0.25, -0.2) is 0 Å². The third kappa shape index (κ3) is 2.90. The van der Waals surface area contributed by atoms with Gasteiger partial charge in [-0.05, 0) is 13.3 Å². The number of aromatic nitrogens is 1. The number of unbranched alkanes of at least 4 members (excludes halogenated alkanes) is 1. The standard InChI is InChI=1S/C9H11N3O2/c1-7-6-8(14-12-7)9(13)11-5-3-2-4-10/h6H,2-3,5H2,1H3,(H,11,13). The normalized spacial score (nSPS) is 9.43. The van der Waals surface area contributed by atoms with Crippen LogP contribution in [-0.2, 0) is 0 Å². The van der Waals surface area contributed by atoms with Crippen LogP contribution >= 0.6 is 0 Å². The average Bonchev–Trinajstić information content (AvgIpc) is 2.59. The Bertz CT molecular complexity index is 351. The lowest BCUT2D eigenvalue weighted by Gasteiger charge is -1.98. The number of hydrogen-bond donors (Lipinski definition) is 1. The molecule has 14 heavy (non-hydrogen) atoms. The van der Waals surface area contributed by atoms with Crippen molar-refractivity contribution in [3.8, 4) is 6.07 Å². The van der Waals surface area contributed by atoms with Crippen LogP contribution in [0.25, 0.3) is 0 Å². The molecule has 0 bridgehead atoms. The number of carbonyl (C=O) groups excluding carboxylic acids is 1. The Morgan fingerprint density at radius 1 is 1.79 bits per heavy atom. The summed E-state index contributed by atoms with van der Waals surface area (Å²) in [5.41, 5.74) is 0.673. The predicted molar refractivity (Wildman–Crippen MR) is 48.4 cm³/mol. The van der Waals surface area contributed by atoms with Crippen molar-refractivity contribution < 1.29 is 9.32 Å². The summed E-state index contributed by atoms with van der Waals surface area (Å²) in [4.78, 5) is 11.3. The van der Waals surface area contributed by atoms with Crippen LogP contribution in [0.3, 0.4) is 0 Å². The second-order valence-corrected chi connectivity index (χ2v) is 2.85. The first kappa shape index (κ1) is 10.3. The highest BCUT2D eigenvalue weighted by molar-refractivity contribution is 5.91. The minimum Gasteiger partial charge on any atom is -0.351 e. The summed E-state index contributed by atoms with van der Waals surface area (Å²) in [5.74, 6) is -0.0806. The van der Waals surface area contributed by atoms with Crippen LogP contribution in [0.4, 0.5) is 0 Å². The van der Waals surface area contributed by atoms with E-state index in [0.717, 1.165) is 0 Å². The third-order valence-electron chi connectivity index (χ3n) is 1.60. The number of nitrogens with zero attached hydrogens (tertiary/aromatic N) is 2. The summed E-state index contributed by atoms with van der Waals surface area (Å²) >= 11 is 0. The maximum atomic E-state index is 11.3. The Kier molecular flexibility index (Phi) is 3.68. The fourth-order valence-electron chi connectivity index (χ4n) is 0.927. The Balaban J connectivity index is 2.33. The predicted octanol–water partition coefficient (Wildman–Crippen LogP) is 1.02. The van der Waals surface area contributed by atoms with E-state index in [4.69, 9.17) is 9.78 Å². The Morgan fingerprint density at radius 2 is 2.57 bits per heavy atom. The molecule has 0 aromatic carbocycles. The van der Waals surface area contributed by atoms with E-state index in [2.05, 4.69) is 10.5 Å². The molecule has 0 aliphatic rings. The Labute approximate surface area is 81.7 Å². The molecule has 0 spiro atoms. The summed E-state index contributed by atoms with van der Waals surface area (Å²) in [7, 11) is 0. The van der Waals surface area contributed by atoms with Crippen LogP contribution in [0.2, 0.25) is 0 Å². The van der Waals surface area contributed by atoms with E-state index < -0.39 is 0 Å². The van der Waals surface area contributed by atoms with Crippen molar-refractivity contribution in [2.24, 2.45) is 0 Å². The molecule has 74 valence electrons. The molecule has 1 heterocycles. The van der Waals surface area contributed by atoms with E-state index in [9.17, 15) is 4.79 Å². The Morgan fingerprint density at radius 3 is 3.14 bits per heavy atom. The molecule has 5 nitrogen and oxygen atoms in total. The summed E-state index contributed by atoms with van der Waals surface area (Å²) < 4.78 is 4.76. The van der Waals surface area contributed by atoms with Gasteiger partial charge in [0.15, 0.2) is 0 Å². The van der Waals surface area contributed by atoms with Crippen LogP contribution in [0.1, 0.15) is 29.1 Å². The summed E-state index contributed by atoms with van der Waals surface area (Å²) in [6.07, 6.45) is 1.09. The first-order chi connectivity index (χ1) is 6.74. The second kappa shape index (κ2) is 5.02. The molecule has 0 fully saturated rings. The maximum Gasteiger partial charge on any atom is 0.289 e.